The van der Waals surface area contributed by atoms with Crippen LogP contribution in [0, 0.1) is 19.8 Å². The van der Waals surface area contributed by atoms with Gasteiger partial charge in [-0.2, -0.15) is 4.98 Å². The van der Waals surface area contributed by atoms with Crippen molar-refractivity contribution in [3.8, 4) is 0 Å². The number of aryl methyl sites for hydroxylation is 1. The molecule has 2 fully saturated rings. The number of benzene rings is 1. The highest BCUT2D eigenvalue weighted by Gasteiger charge is 2.30. The monoisotopic (exact) mass is 537 g/mol. The van der Waals surface area contributed by atoms with Gasteiger partial charge in [0.25, 0.3) is 5.91 Å². The number of hydrogen-bond donors (Lipinski definition) is 2. The molecule has 1 aliphatic heterocycles. The van der Waals surface area contributed by atoms with Gasteiger partial charge in [0.15, 0.2) is 0 Å². The van der Waals surface area contributed by atoms with Gasteiger partial charge in [0.1, 0.15) is 11.4 Å². The molecule has 0 unspecified atom stereocenters. The van der Waals surface area contributed by atoms with Crippen molar-refractivity contribution in [1.29, 1.82) is 0 Å². The third kappa shape index (κ3) is 7.68. The van der Waals surface area contributed by atoms with Crippen molar-refractivity contribution in [3.63, 3.8) is 0 Å². The second-order valence-corrected chi connectivity index (χ2v) is 12.0. The Morgan fingerprint density at radius 3 is 2.44 bits per heavy atom. The Kier molecular flexibility index (Phi) is 9.10. The summed E-state index contributed by atoms with van der Waals surface area (Å²) in [6.07, 6.45) is 5.96. The molecule has 0 atom stereocenters. The fourth-order valence-electron chi connectivity index (χ4n) is 5.26. The number of hydrogen-bond acceptors (Lipinski definition) is 7. The van der Waals surface area contributed by atoms with Crippen LogP contribution >= 0.6 is 0 Å². The predicted octanol–water partition coefficient (Wildman–Crippen LogP) is 5.10. The maximum absolute atomic E-state index is 14.0. The highest BCUT2D eigenvalue weighted by molar-refractivity contribution is 6.06. The molecule has 9 heteroatoms. The molecule has 39 heavy (non-hydrogen) atoms. The summed E-state index contributed by atoms with van der Waals surface area (Å²) in [5.74, 6) is 1.18. The number of rotatable bonds is 6. The lowest BCUT2D eigenvalue weighted by Crippen LogP contribution is -2.45. The van der Waals surface area contributed by atoms with Crippen molar-refractivity contribution >= 4 is 23.8 Å². The second kappa shape index (κ2) is 12.3. The molecular weight excluding hydrogens is 494 g/mol. The lowest BCUT2D eigenvalue weighted by atomic mass is 9.93. The predicted molar refractivity (Wildman–Crippen MR) is 152 cm³/mol. The van der Waals surface area contributed by atoms with Crippen molar-refractivity contribution in [2.45, 2.75) is 90.9 Å². The largest absolute Gasteiger partial charge is 0.444 e. The van der Waals surface area contributed by atoms with Crippen molar-refractivity contribution < 1.29 is 19.4 Å². The maximum Gasteiger partial charge on any atom is 0.410 e. The zero-order chi connectivity index (χ0) is 28.2. The average molecular weight is 538 g/mol. The molecule has 0 bridgehead atoms. The molecule has 0 radical (unpaired) electrons. The van der Waals surface area contributed by atoms with Gasteiger partial charge < -0.3 is 20.1 Å². The van der Waals surface area contributed by atoms with Crippen LogP contribution in [0.5, 0.6) is 0 Å². The molecule has 212 valence electrons. The van der Waals surface area contributed by atoms with Gasteiger partial charge in [0, 0.05) is 37.4 Å². The van der Waals surface area contributed by atoms with E-state index in [9.17, 15) is 14.7 Å². The summed E-state index contributed by atoms with van der Waals surface area (Å²) in [4.78, 5) is 39.3. The van der Waals surface area contributed by atoms with Gasteiger partial charge in [-0.25, -0.2) is 9.78 Å². The molecule has 0 spiro atoms. The summed E-state index contributed by atoms with van der Waals surface area (Å²) in [6, 6.07) is 7.78. The van der Waals surface area contributed by atoms with E-state index in [1.807, 2.05) is 52.8 Å². The number of likely N-dealkylation sites (tertiary alicyclic amines) is 1. The minimum absolute atomic E-state index is 0.0868. The number of amides is 2. The van der Waals surface area contributed by atoms with Crippen molar-refractivity contribution in [2.75, 3.05) is 29.9 Å². The van der Waals surface area contributed by atoms with E-state index in [1.54, 1.807) is 22.1 Å². The van der Waals surface area contributed by atoms with Gasteiger partial charge >= 0.3 is 6.09 Å². The number of aromatic nitrogens is 2. The Morgan fingerprint density at radius 2 is 1.77 bits per heavy atom. The van der Waals surface area contributed by atoms with Crippen molar-refractivity contribution in [1.82, 2.24) is 14.9 Å². The van der Waals surface area contributed by atoms with Crippen LogP contribution in [0.2, 0.25) is 0 Å². The smallest absolute Gasteiger partial charge is 0.410 e. The first-order valence-electron chi connectivity index (χ1n) is 14.1. The number of carbonyl (C=O) groups is 2. The Morgan fingerprint density at radius 1 is 1.08 bits per heavy atom. The topological polar surface area (TPSA) is 108 Å². The number of nitrogens with zero attached hydrogens (tertiary/aromatic N) is 4. The molecule has 4 rings (SSSR count). The fraction of sp³-hybridized carbons (Fsp3) is 0.600. The molecule has 1 aliphatic carbocycles. The number of ether oxygens (including phenoxy) is 1. The number of anilines is 2. The van der Waals surface area contributed by atoms with Crippen LogP contribution in [0.1, 0.15) is 80.8 Å². The Bertz CT molecular complexity index is 1150. The summed E-state index contributed by atoms with van der Waals surface area (Å²) in [5, 5.41) is 13.2. The highest BCUT2D eigenvalue weighted by atomic mass is 16.6. The van der Waals surface area contributed by atoms with Crippen LogP contribution in [-0.4, -0.2) is 69.4 Å². The van der Waals surface area contributed by atoms with Crippen LogP contribution in [0.3, 0.4) is 0 Å². The molecule has 2 heterocycles. The van der Waals surface area contributed by atoms with Crippen LogP contribution in [0.25, 0.3) is 0 Å². The van der Waals surface area contributed by atoms with E-state index in [4.69, 9.17) is 9.72 Å². The maximum atomic E-state index is 14.0. The van der Waals surface area contributed by atoms with Crippen LogP contribution in [0.15, 0.2) is 30.5 Å². The SMILES string of the molecule is Cc1cccc(C(=O)N(CC2CCN(C(=O)OC(C)(C)C)CC2)c2ccnc(NC3CCC(O)CC3)n2)c1C. The summed E-state index contributed by atoms with van der Waals surface area (Å²) in [6.45, 7) is 11.3. The second-order valence-electron chi connectivity index (χ2n) is 12.0. The number of piperidine rings is 1. The van der Waals surface area contributed by atoms with E-state index in [1.165, 1.54) is 0 Å². The van der Waals surface area contributed by atoms with Gasteiger partial charge in [0.2, 0.25) is 5.95 Å². The summed E-state index contributed by atoms with van der Waals surface area (Å²) in [5.41, 5.74) is 2.16. The molecule has 2 N–H and O–H groups in total. The minimum Gasteiger partial charge on any atom is -0.444 e. The van der Waals surface area contributed by atoms with Gasteiger partial charge in [-0.05, 0) is 102 Å². The van der Waals surface area contributed by atoms with E-state index in [0.29, 0.717) is 37.0 Å². The summed E-state index contributed by atoms with van der Waals surface area (Å²) >= 11 is 0. The Hall–Kier alpha value is -3.20. The summed E-state index contributed by atoms with van der Waals surface area (Å²) in [7, 11) is 0. The van der Waals surface area contributed by atoms with Gasteiger partial charge in [0.05, 0.1) is 6.10 Å². The minimum atomic E-state index is -0.529. The Labute approximate surface area is 232 Å². The number of aliphatic hydroxyl groups excluding tert-OH is 1. The third-order valence-corrected chi connectivity index (χ3v) is 7.73. The van der Waals surface area contributed by atoms with Crippen molar-refractivity contribution in [3.05, 3.63) is 47.2 Å². The van der Waals surface area contributed by atoms with E-state index in [-0.39, 0.29) is 30.1 Å². The first kappa shape index (κ1) is 28.8. The molecule has 2 aliphatic rings. The van der Waals surface area contributed by atoms with Crippen LogP contribution < -0.4 is 10.2 Å². The van der Waals surface area contributed by atoms with Crippen LogP contribution in [-0.2, 0) is 4.74 Å². The molecule has 2 amide bonds. The quantitative estimate of drug-likeness (QED) is 0.528. The van der Waals surface area contributed by atoms with E-state index < -0.39 is 5.60 Å². The molecule has 1 aromatic carbocycles. The van der Waals surface area contributed by atoms with Gasteiger partial charge in [-0.3, -0.25) is 9.69 Å². The Balaban J connectivity index is 1.52. The van der Waals surface area contributed by atoms with Crippen molar-refractivity contribution in [2.24, 2.45) is 5.92 Å². The normalized spacial score (nSPS) is 20.4. The van der Waals surface area contributed by atoms with E-state index in [0.717, 1.165) is 49.7 Å². The molecule has 9 nitrogen and oxygen atoms in total. The summed E-state index contributed by atoms with van der Waals surface area (Å²) < 4.78 is 5.55. The molecule has 2 aromatic rings. The fourth-order valence-corrected chi connectivity index (χ4v) is 5.26. The third-order valence-electron chi connectivity index (χ3n) is 7.73. The lowest BCUT2D eigenvalue weighted by Gasteiger charge is -2.35. The first-order chi connectivity index (χ1) is 18.5. The average Bonchev–Trinajstić information content (AvgIpc) is 2.89. The number of nitrogens with one attached hydrogen (secondary N) is 1. The molecular formula is C30H43N5O4. The zero-order valence-electron chi connectivity index (χ0n) is 23.9. The van der Waals surface area contributed by atoms with Gasteiger partial charge in [-0.1, -0.05) is 12.1 Å². The molecule has 1 aromatic heterocycles. The molecule has 1 saturated heterocycles. The number of aliphatic hydroxyl groups is 1. The highest BCUT2D eigenvalue weighted by Crippen LogP contribution is 2.27. The number of carbonyl (C=O) groups excluding carboxylic acids is 2. The standard InChI is InChI=1S/C30H43N5O4/c1-20-7-6-8-25(21(20)2)27(37)35(19-22-14-17-34(18-15-22)29(38)39-30(3,4)5)26-13-16-31-28(33-26)32-23-9-11-24(36)12-10-23/h6-8,13,16,22-24,36H,9-12,14-15,17-19H2,1-5H3,(H,31,32,33). The van der Waals surface area contributed by atoms with Gasteiger partial charge in [-0.15, -0.1) is 0 Å². The molecule has 1 saturated carbocycles. The van der Waals surface area contributed by atoms with E-state index >= 15 is 0 Å². The van der Waals surface area contributed by atoms with E-state index in [2.05, 4.69) is 10.3 Å². The van der Waals surface area contributed by atoms with Crippen LogP contribution in [0.4, 0.5) is 16.6 Å². The first-order valence-corrected chi connectivity index (χ1v) is 14.1. The zero-order valence-corrected chi connectivity index (χ0v) is 23.9. The lowest BCUT2D eigenvalue weighted by molar-refractivity contribution is 0.0185.